The lowest BCUT2D eigenvalue weighted by atomic mass is 10.2. The average Bonchev–Trinajstić information content (AvgIpc) is 2.91. The molecule has 110 valence electrons. The molecule has 0 spiro atoms. The standard InChI is InChI=1S/C14H11N5O3/c20-13-9(4-3-7-12(13)19(21)22)8-15-18-14-16-10-5-1-2-6-11(10)17-14/h1-8,20H,(H2,16,17,18)/p-1/b15-8-. The highest BCUT2D eigenvalue weighted by molar-refractivity contribution is 5.85. The Labute approximate surface area is 124 Å². The molecular weight excluding hydrogens is 286 g/mol. The third-order valence-electron chi connectivity index (χ3n) is 2.98. The molecule has 8 heteroatoms. The number of fused-ring (bicyclic) bond motifs is 1. The number of benzene rings is 2. The summed E-state index contributed by atoms with van der Waals surface area (Å²) in [7, 11) is 0. The van der Waals surface area contributed by atoms with Gasteiger partial charge in [-0.15, -0.1) is 0 Å². The van der Waals surface area contributed by atoms with E-state index in [2.05, 4.69) is 20.5 Å². The summed E-state index contributed by atoms with van der Waals surface area (Å²) in [5, 5.41) is 26.4. The monoisotopic (exact) mass is 296 g/mol. The number of hydrazone groups is 1. The zero-order chi connectivity index (χ0) is 15.5. The van der Waals surface area contributed by atoms with Gasteiger partial charge in [0, 0.05) is 6.07 Å². The van der Waals surface area contributed by atoms with Gasteiger partial charge in [-0.3, -0.25) is 10.1 Å². The molecule has 0 bridgehead atoms. The van der Waals surface area contributed by atoms with Crippen LogP contribution in [0.5, 0.6) is 5.75 Å². The first-order valence-corrected chi connectivity index (χ1v) is 6.33. The largest absolute Gasteiger partial charge is 0.867 e. The fourth-order valence-corrected chi connectivity index (χ4v) is 1.96. The number of imidazole rings is 1. The number of para-hydroxylation sites is 3. The van der Waals surface area contributed by atoms with Gasteiger partial charge in [0.15, 0.2) is 0 Å². The quantitative estimate of drug-likeness (QED) is 0.433. The minimum Gasteiger partial charge on any atom is -0.867 e. The first-order valence-electron chi connectivity index (χ1n) is 6.33. The van der Waals surface area contributed by atoms with E-state index in [0.29, 0.717) is 5.95 Å². The number of hydrogen-bond donors (Lipinski definition) is 2. The fourth-order valence-electron chi connectivity index (χ4n) is 1.96. The van der Waals surface area contributed by atoms with Gasteiger partial charge in [0.2, 0.25) is 5.95 Å². The summed E-state index contributed by atoms with van der Waals surface area (Å²) in [6, 6.07) is 11.5. The summed E-state index contributed by atoms with van der Waals surface area (Å²) in [5.74, 6) is -0.266. The number of nitrogens with zero attached hydrogens (tertiary/aromatic N) is 3. The first-order chi connectivity index (χ1) is 10.6. The molecule has 3 rings (SSSR count). The highest BCUT2D eigenvalue weighted by Crippen LogP contribution is 2.25. The van der Waals surface area contributed by atoms with Crippen LogP contribution in [0.2, 0.25) is 0 Å². The van der Waals surface area contributed by atoms with E-state index in [4.69, 9.17) is 0 Å². The summed E-state index contributed by atoms with van der Waals surface area (Å²) < 4.78 is 0. The van der Waals surface area contributed by atoms with Crippen LogP contribution < -0.4 is 10.5 Å². The van der Waals surface area contributed by atoms with Crippen molar-refractivity contribution in [3.63, 3.8) is 0 Å². The summed E-state index contributed by atoms with van der Waals surface area (Å²) in [4.78, 5) is 17.2. The Bertz CT molecular complexity index is 839. The Hall–Kier alpha value is -3.42. The summed E-state index contributed by atoms with van der Waals surface area (Å²) >= 11 is 0. The lowest BCUT2D eigenvalue weighted by Gasteiger charge is -2.09. The highest BCUT2D eigenvalue weighted by atomic mass is 16.6. The zero-order valence-electron chi connectivity index (χ0n) is 11.2. The van der Waals surface area contributed by atoms with Crippen molar-refractivity contribution in [3.8, 4) is 5.75 Å². The Morgan fingerprint density at radius 2 is 2.05 bits per heavy atom. The SMILES string of the molecule is O=[N+]([O-])c1cccc(/C=N\Nc2nc3ccccc3[nH]2)c1[O-]. The van der Waals surface area contributed by atoms with Crippen molar-refractivity contribution < 1.29 is 10.0 Å². The molecule has 1 heterocycles. The summed E-state index contributed by atoms with van der Waals surface area (Å²) in [6.45, 7) is 0. The topological polar surface area (TPSA) is 119 Å². The van der Waals surface area contributed by atoms with E-state index in [-0.39, 0.29) is 5.56 Å². The van der Waals surface area contributed by atoms with E-state index in [0.717, 1.165) is 17.1 Å². The van der Waals surface area contributed by atoms with Gasteiger partial charge < -0.3 is 10.1 Å². The van der Waals surface area contributed by atoms with Crippen molar-refractivity contribution in [1.82, 2.24) is 9.97 Å². The van der Waals surface area contributed by atoms with Crippen LogP contribution in [0.1, 0.15) is 5.56 Å². The van der Waals surface area contributed by atoms with Gasteiger partial charge >= 0.3 is 0 Å². The van der Waals surface area contributed by atoms with Crippen LogP contribution in [-0.2, 0) is 0 Å². The van der Waals surface area contributed by atoms with Crippen molar-refractivity contribution >= 4 is 28.9 Å². The van der Waals surface area contributed by atoms with Crippen molar-refractivity contribution in [2.45, 2.75) is 0 Å². The van der Waals surface area contributed by atoms with Gasteiger partial charge in [-0.2, -0.15) is 5.10 Å². The Balaban J connectivity index is 1.80. The van der Waals surface area contributed by atoms with Crippen LogP contribution in [0.3, 0.4) is 0 Å². The molecule has 0 fully saturated rings. The van der Waals surface area contributed by atoms with Crippen LogP contribution >= 0.6 is 0 Å². The molecule has 0 atom stereocenters. The van der Waals surface area contributed by atoms with Crippen LogP contribution in [0.15, 0.2) is 47.6 Å². The third kappa shape index (κ3) is 2.57. The molecule has 0 aliphatic heterocycles. The molecule has 0 unspecified atom stereocenters. The molecule has 0 amide bonds. The lowest BCUT2D eigenvalue weighted by Crippen LogP contribution is -2.02. The number of rotatable bonds is 4. The second-order valence-corrected chi connectivity index (χ2v) is 4.43. The summed E-state index contributed by atoms with van der Waals surface area (Å²) in [5.41, 5.74) is 3.92. The number of aromatic amines is 1. The number of nitro benzene ring substituents is 1. The number of hydrogen-bond acceptors (Lipinski definition) is 6. The van der Waals surface area contributed by atoms with Gasteiger partial charge in [0.05, 0.1) is 22.2 Å². The predicted octanol–water partition coefficient (Wildman–Crippen LogP) is 1.99. The third-order valence-corrected chi connectivity index (χ3v) is 2.98. The second kappa shape index (κ2) is 5.52. The van der Waals surface area contributed by atoms with Gasteiger partial charge in [-0.05, 0) is 23.4 Å². The van der Waals surface area contributed by atoms with Gasteiger partial charge in [0.1, 0.15) is 0 Å². The summed E-state index contributed by atoms with van der Waals surface area (Å²) in [6.07, 6.45) is 1.22. The van der Waals surface area contributed by atoms with Crippen LogP contribution in [-0.4, -0.2) is 21.1 Å². The minimum atomic E-state index is -0.716. The molecule has 0 aliphatic rings. The van der Waals surface area contributed by atoms with E-state index in [1.54, 1.807) is 0 Å². The molecular formula is C14H10N5O3-. The number of nitro groups is 1. The molecule has 0 saturated heterocycles. The number of H-pyrrole nitrogens is 1. The minimum absolute atomic E-state index is 0.123. The van der Waals surface area contributed by atoms with Crippen molar-refractivity contribution in [2.24, 2.45) is 5.10 Å². The molecule has 3 aromatic rings. The van der Waals surface area contributed by atoms with Gasteiger partial charge in [-0.1, -0.05) is 24.3 Å². The van der Waals surface area contributed by atoms with Crippen molar-refractivity contribution in [2.75, 3.05) is 5.43 Å². The zero-order valence-corrected chi connectivity index (χ0v) is 11.2. The van der Waals surface area contributed by atoms with Crippen molar-refractivity contribution in [3.05, 3.63) is 58.1 Å². The average molecular weight is 296 g/mol. The van der Waals surface area contributed by atoms with Gasteiger partial charge in [0.25, 0.3) is 5.69 Å². The fraction of sp³-hybridized carbons (Fsp3) is 0. The number of aromatic nitrogens is 2. The Kier molecular flexibility index (Phi) is 3.40. The molecule has 0 aliphatic carbocycles. The maximum atomic E-state index is 11.8. The van der Waals surface area contributed by atoms with E-state index in [1.165, 1.54) is 18.3 Å². The van der Waals surface area contributed by atoms with E-state index >= 15 is 0 Å². The van der Waals surface area contributed by atoms with Crippen LogP contribution in [0, 0.1) is 10.1 Å². The first kappa shape index (κ1) is 13.6. The maximum Gasteiger partial charge on any atom is 0.262 e. The molecule has 2 N–H and O–H groups in total. The maximum absolute atomic E-state index is 11.8. The number of anilines is 1. The van der Waals surface area contributed by atoms with Gasteiger partial charge in [-0.25, -0.2) is 10.4 Å². The molecule has 0 radical (unpaired) electrons. The lowest BCUT2D eigenvalue weighted by molar-refractivity contribution is -0.398. The molecule has 1 aromatic heterocycles. The molecule has 8 nitrogen and oxygen atoms in total. The second-order valence-electron chi connectivity index (χ2n) is 4.43. The smallest absolute Gasteiger partial charge is 0.262 e. The van der Waals surface area contributed by atoms with E-state index in [9.17, 15) is 15.2 Å². The normalized spacial score (nSPS) is 11.1. The molecule has 22 heavy (non-hydrogen) atoms. The van der Waals surface area contributed by atoms with Crippen LogP contribution in [0.4, 0.5) is 11.6 Å². The van der Waals surface area contributed by atoms with E-state index < -0.39 is 16.4 Å². The Morgan fingerprint density at radius 3 is 2.82 bits per heavy atom. The Morgan fingerprint density at radius 1 is 1.23 bits per heavy atom. The number of nitrogens with one attached hydrogen (secondary N) is 2. The predicted molar refractivity (Wildman–Crippen MR) is 79.9 cm³/mol. The van der Waals surface area contributed by atoms with E-state index in [1.807, 2.05) is 24.3 Å². The molecule has 2 aromatic carbocycles. The van der Waals surface area contributed by atoms with Crippen LogP contribution in [0.25, 0.3) is 11.0 Å². The molecule has 0 saturated carbocycles. The van der Waals surface area contributed by atoms with Crippen molar-refractivity contribution in [1.29, 1.82) is 0 Å². The highest BCUT2D eigenvalue weighted by Gasteiger charge is 2.08.